The van der Waals surface area contributed by atoms with Crippen LogP contribution >= 0.6 is 23.2 Å². The summed E-state index contributed by atoms with van der Waals surface area (Å²) in [5.41, 5.74) is -1.42. The van der Waals surface area contributed by atoms with E-state index < -0.39 is 23.2 Å². The minimum atomic E-state index is -1.30. The van der Waals surface area contributed by atoms with E-state index in [0.717, 1.165) is 25.0 Å². The van der Waals surface area contributed by atoms with Crippen molar-refractivity contribution >= 4 is 35.1 Å². The molecule has 0 bridgehead atoms. The number of carboxylic acids is 1. The van der Waals surface area contributed by atoms with Crippen LogP contribution in [0, 0.1) is 5.82 Å². The van der Waals surface area contributed by atoms with Crippen LogP contribution in [0.25, 0.3) is 0 Å². The first-order valence-electron chi connectivity index (χ1n) is 6.06. The van der Waals surface area contributed by atoms with E-state index in [2.05, 4.69) is 5.32 Å². The Morgan fingerprint density at radius 2 is 1.80 bits per heavy atom. The lowest BCUT2D eigenvalue weighted by molar-refractivity contribution is -0.144. The summed E-state index contributed by atoms with van der Waals surface area (Å²) in [5, 5.41) is 11.5. The largest absolute Gasteiger partial charge is 0.480 e. The quantitative estimate of drug-likeness (QED) is 0.840. The van der Waals surface area contributed by atoms with E-state index in [1.54, 1.807) is 0 Å². The number of amides is 1. The maximum absolute atomic E-state index is 13.4. The molecule has 0 saturated heterocycles. The Kier molecular flexibility index (Phi) is 4.20. The number of rotatable bonds is 3. The molecule has 0 aliphatic heterocycles. The van der Waals surface area contributed by atoms with Gasteiger partial charge in [-0.05, 0) is 25.0 Å². The Hall–Kier alpha value is -1.33. The molecule has 0 aromatic heterocycles. The topological polar surface area (TPSA) is 66.4 Å². The molecule has 1 aromatic carbocycles. The molecule has 1 aromatic rings. The number of carboxylic acid groups (broad SMARTS) is 1. The van der Waals surface area contributed by atoms with Gasteiger partial charge in [0.15, 0.2) is 0 Å². The van der Waals surface area contributed by atoms with E-state index in [0.29, 0.717) is 12.8 Å². The van der Waals surface area contributed by atoms with Crippen LogP contribution in [0.5, 0.6) is 0 Å². The van der Waals surface area contributed by atoms with Crippen molar-refractivity contribution in [2.75, 3.05) is 0 Å². The fourth-order valence-corrected chi connectivity index (χ4v) is 2.82. The van der Waals surface area contributed by atoms with Crippen molar-refractivity contribution in [3.05, 3.63) is 33.6 Å². The second-order valence-electron chi connectivity index (χ2n) is 4.79. The zero-order valence-corrected chi connectivity index (χ0v) is 11.9. The second kappa shape index (κ2) is 5.58. The maximum Gasteiger partial charge on any atom is 0.329 e. The lowest BCUT2D eigenvalue weighted by Crippen LogP contribution is -2.52. The maximum atomic E-state index is 13.4. The van der Waals surface area contributed by atoms with Crippen molar-refractivity contribution in [1.29, 1.82) is 0 Å². The predicted molar refractivity (Wildman–Crippen MR) is 72.7 cm³/mol. The Morgan fingerprint density at radius 3 is 2.35 bits per heavy atom. The monoisotopic (exact) mass is 319 g/mol. The number of halogens is 3. The van der Waals surface area contributed by atoms with Gasteiger partial charge in [0.25, 0.3) is 5.91 Å². The number of benzene rings is 1. The summed E-state index contributed by atoms with van der Waals surface area (Å²) in [6.45, 7) is 0. The molecule has 1 fully saturated rings. The molecule has 108 valence electrons. The summed E-state index contributed by atoms with van der Waals surface area (Å²) in [7, 11) is 0. The molecule has 0 radical (unpaired) electrons. The molecular weight excluding hydrogens is 308 g/mol. The minimum Gasteiger partial charge on any atom is -0.480 e. The Balaban J connectivity index is 2.28. The van der Waals surface area contributed by atoms with Gasteiger partial charge in [-0.3, -0.25) is 4.79 Å². The number of nitrogens with one attached hydrogen (secondary N) is 1. The van der Waals surface area contributed by atoms with Gasteiger partial charge < -0.3 is 10.4 Å². The fourth-order valence-electron chi connectivity index (χ4n) is 2.35. The molecule has 0 unspecified atom stereocenters. The summed E-state index contributed by atoms with van der Waals surface area (Å²) in [4.78, 5) is 23.5. The van der Waals surface area contributed by atoms with Crippen LogP contribution in [-0.4, -0.2) is 22.5 Å². The van der Waals surface area contributed by atoms with Gasteiger partial charge in [0, 0.05) is 0 Å². The highest BCUT2D eigenvalue weighted by molar-refractivity contribution is 6.36. The summed E-state index contributed by atoms with van der Waals surface area (Å²) < 4.78 is 13.4. The highest BCUT2D eigenvalue weighted by Crippen LogP contribution is 2.31. The molecule has 7 heteroatoms. The first-order valence-corrected chi connectivity index (χ1v) is 6.82. The molecule has 4 nitrogen and oxygen atoms in total. The van der Waals surface area contributed by atoms with Gasteiger partial charge in [-0.1, -0.05) is 36.0 Å². The average Bonchev–Trinajstić information content (AvgIpc) is 2.83. The van der Waals surface area contributed by atoms with Crippen LogP contribution in [0.4, 0.5) is 4.39 Å². The fraction of sp³-hybridized carbons (Fsp3) is 0.385. The first-order chi connectivity index (χ1) is 9.35. The molecule has 1 aliphatic rings. The molecule has 1 aliphatic carbocycles. The third kappa shape index (κ3) is 2.74. The van der Waals surface area contributed by atoms with E-state index in [4.69, 9.17) is 23.2 Å². The summed E-state index contributed by atoms with van der Waals surface area (Å²) in [6, 6.07) is 2.03. The molecule has 0 atom stereocenters. The number of carbonyl (C=O) groups excluding carboxylic acids is 1. The van der Waals surface area contributed by atoms with Crippen molar-refractivity contribution in [3.8, 4) is 0 Å². The molecular formula is C13H12Cl2FNO3. The zero-order valence-electron chi connectivity index (χ0n) is 10.4. The Labute approximate surface area is 124 Å². The van der Waals surface area contributed by atoms with E-state index in [1.165, 1.54) is 0 Å². The first kappa shape index (κ1) is 15.1. The number of hydrogen-bond acceptors (Lipinski definition) is 2. The van der Waals surface area contributed by atoms with Gasteiger partial charge in [-0.2, -0.15) is 0 Å². The van der Waals surface area contributed by atoms with Gasteiger partial charge in [0.2, 0.25) is 0 Å². The highest BCUT2D eigenvalue weighted by atomic mass is 35.5. The third-order valence-corrected chi connectivity index (χ3v) is 4.08. The van der Waals surface area contributed by atoms with Gasteiger partial charge in [-0.15, -0.1) is 0 Å². The molecule has 1 saturated carbocycles. The second-order valence-corrected chi connectivity index (χ2v) is 5.61. The van der Waals surface area contributed by atoms with Crippen molar-refractivity contribution < 1.29 is 19.1 Å². The van der Waals surface area contributed by atoms with Crippen LogP contribution in [0.15, 0.2) is 12.1 Å². The van der Waals surface area contributed by atoms with E-state index in [9.17, 15) is 19.1 Å². The van der Waals surface area contributed by atoms with Crippen LogP contribution in [-0.2, 0) is 4.79 Å². The predicted octanol–water partition coefficient (Wildman–Crippen LogP) is 3.26. The molecule has 2 rings (SSSR count). The van der Waals surface area contributed by atoms with Crippen LogP contribution < -0.4 is 5.32 Å². The van der Waals surface area contributed by atoms with E-state index in [1.807, 2.05) is 0 Å². The molecule has 1 amide bonds. The van der Waals surface area contributed by atoms with E-state index >= 15 is 0 Å². The van der Waals surface area contributed by atoms with Gasteiger partial charge >= 0.3 is 5.97 Å². The van der Waals surface area contributed by atoms with Crippen molar-refractivity contribution in [3.63, 3.8) is 0 Å². The zero-order chi connectivity index (χ0) is 14.9. The van der Waals surface area contributed by atoms with Crippen molar-refractivity contribution in [2.24, 2.45) is 0 Å². The van der Waals surface area contributed by atoms with Gasteiger partial charge in [0.05, 0.1) is 15.6 Å². The van der Waals surface area contributed by atoms with Crippen LogP contribution in [0.1, 0.15) is 36.0 Å². The van der Waals surface area contributed by atoms with Crippen LogP contribution in [0.2, 0.25) is 10.0 Å². The lowest BCUT2D eigenvalue weighted by atomic mass is 9.97. The number of aliphatic carboxylic acids is 1. The smallest absolute Gasteiger partial charge is 0.329 e. The third-order valence-electron chi connectivity index (χ3n) is 3.47. The van der Waals surface area contributed by atoms with Gasteiger partial charge in [0.1, 0.15) is 11.4 Å². The molecule has 2 N–H and O–H groups in total. The van der Waals surface area contributed by atoms with Crippen LogP contribution in [0.3, 0.4) is 0 Å². The summed E-state index contributed by atoms with van der Waals surface area (Å²) in [5.74, 6) is -2.58. The van der Waals surface area contributed by atoms with Crippen molar-refractivity contribution in [1.82, 2.24) is 5.32 Å². The minimum absolute atomic E-state index is 0.0209. The lowest BCUT2D eigenvalue weighted by Gasteiger charge is -2.25. The van der Waals surface area contributed by atoms with Gasteiger partial charge in [-0.25, -0.2) is 9.18 Å². The summed E-state index contributed by atoms with van der Waals surface area (Å²) in [6.07, 6.45) is 2.13. The number of hydrogen-bond donors (Lipinski definition) is 2. The normalized spacial score (nSPS) is 16.9. The molecule has 0 spiro atoms. The van der Waals surface area contributed by atoms with E-state index in [-0.39, 0.29) is 15.6 Å². The number of carbonyl (C=O) groups is 2. The standard InChI is InChI=1S/C13H12Cl2FNO3/c14-8-6-9(15)10(16)5-7(8)11(18)17-13(12(19)20)3-1-2-4-13/h5-6H,1-4H2,(H,17,18)(H,19,20). The SMILES string of the molecule is O=C(NC1(C(=O)O)CCCC1)c1cc(F)c(Cl)cc1Cl. The highest BCUT2D eigenvalue weighted by Gasteiger charge is 2.43. The van der Waals surface area contributed by atoms with Crippen molar-refractivity contribution in [2.45, 2.75) is 31.2 Å². The summed E-state index contributed by atoms with van der Waals surface area (Å²) >= 11 is 11.4. The Morgan fingerprint density at radius 1 is 1.20 bits per heavy atom. The average molecular weight is 320 g/mol. The molecule has 0 heterocycles. The Bertz CT molecular complexity index is 571. The molecule has 20 heavy (non-hydrogen) atoms.